The van der Waals surface area contributed by atoms with Crippen molar-refractivity contribution < 1.29 is 4.74 Å². The number of anilines is 1. The molecule has 0 fully saturated rings. The molecule has 0 spiro atoms. The summed E-state index contributed by atoms with van der Waals surface area (Å²) in [6, 6.07) is 11.5. The van der Waals surface area contributed by atoms with Crippen LogP contribution in [0.5, 0.6) is 5.75 Å². The lowest BCUT2D eigenvalue weighted by molar-refractivity contribution is 0.407. The summed E-state index contributed by atoms with van der Waals surface area (Å²) in [5.74, 6) is 0.800. The SMILES string of the molecule is COc1ccc(Br)cc1C(CN)Nc1ccc(Cl)c(Br)c1. The summed E-state index contributed by atoms with van der Waals surface area (Å²) in [6.07, 6.45) is 0. The molecule has 0 bridgehead atoms. The Morgan fingerprint density at radius 1 is 1.24 bits per heavy atom. The molecule has 2 aromatic carbocycles. The maximum absolute atomic E-state index is 6.01. The molecular formula is C15H15Br2ClN2O. The van der Waals surface area contributed by atoms with Gasteiger partial charge < -0.3 is 15.8 Å². The fourth-order valence-corrected chi connectivity index (χ4v) is 2.90. The van der Waals surface area contributed by atoms with E-state index in [4.69, 9.17) is 22.1 Å². The number of hydrogen-bond acceptors (Lipinski definition) is 3. The van der Waals surface area contributed by atoms with Crippen LogP contribution in [0.1, 0.15) is 11.6 Å². The molecule has 2 aromatic rings. The highest BCUT2D eigenvalue weighted by Crippen LogP contribution is 2.32. The van der Waals surface area contributed by atoms with Gasteiger partial charge in [-0.15, -0.1) is 0 Å². The third-order valence-corrected chi connectivity index (χ3v) is 4.77. The Morgan fingerprint density at radius 2 is 2.00 bits per heavy atom. The highest BCUT2D eigenvalue weighted by Gasteiger charge is 2.15. The van der Waals surface area contributed by atoms with Crippen molar-refractivity contribution in [3.63, 3.8) is 0 Å². The minimum absolute atomic E-state index is 0.0643. The molecule has 0 saturated carbocycles. The van der Waals surface area contributed by atoms with E-state index >= 15 is 0 Å². The van der Waals surface area contributed by atoms with Crippen LogP contribution in [0.4, 0.5) is 5.69 Å². The second-order valence-electron chi connectivity index (χ2n) is 4.45. The van der Waals surface area contributed by atoms with Crippen LogP contribution in [0.2, 0.25) is 5.02 Å². The normalized spacial score (nSPS) is 12.0. The van der Waals surface area contributed by atoms with Gasteiger partial charge in [-0.3, -0.25) is 0 Å². The summed E-state index contributed by atoms with van der Waals surface area (Å²) < 4.78 is 7.24. The predicted octanol–water partition coefficient (Wildman–Crippen LogP) is 4.99. The highest BCUT2D eigenvalue weighted by atomic mass is 79.9. The van der Waals surface area contributed by atoms with Crippen molar-refractivity contribution in [2.45, 2.75) is 6.04 Å². The molecule has 1 atom stereocenters. The van der Waals surface area contributed by atoms with Gasteiger partial charge in [-0.1, -0.05) is 27.5 Å². The zero-order valence-electron chi connectivity index (χ0n) is 11.4. The van der Waals surface area contributed by atoms with E-state index in [1.807, 2.05) is 36.4 Å². The van der Waals surface area contributed by atoms with Crippen molar-refractivity contribution in [1.29, 1.82) is 0 Å². The van der Waals surface area contributed by atoms with Crippen LogP contribution in [-0.2, 0) is 0 Å². The molecule has 2 rings (SSSR count). The first-order valence-corrected chi connectivity index (χ1v) is 8.26. The zero-order valence-corrected chi connectivity index (χ0v) is 15.3. The number of benzene rings is 2. The molecule has 0 aliphatic rings. The largest absolute Gasteiger partial charge is 0.496 e. The minimum Gasteiger partial charge on any atom is -0.496 e. The lowest BCUT2D eigenvalue weighted by Crippen LogP contribution is -2.21. The third kappa shape index (κ3) is 4.13. The fraction of sp³-hybridized carbons (Fsp3) is 0.200. The Bertz CT molecular complexity index is 637. The van der Waals surface area contributed by atoms with Gasteiger partial charge in [-0.25, -0.2) is 0 Å². The van der Waals surface area contributed by atoms with Gasteiger partial charge in [0, 0.05) is 26.7 Å². The first kappa shape index (κ1) is 16.6. The van der Waals surface area contributed by atoms with Crippen LogP contribution >= 0.6 is 43.5 Å². The summed E-state index contributed by atoms with van der Waals surface area (Å²) in [6.45, 7) is 0.438. The lowest BCUT2D eigenvalue weighted by atomic mass is 10.1. The molecule has 3 N–H and O–H groups in total. The molecule has 0 aliphatic heterocycles. The Morgan fingerprint density at radius 3 is 2.62 bits per heavy atom. The van der Waals surface area contributed by atoms with Crippen LogP contribution in [-0.4, -0.2) is 13.7 Å². The van der Waals surface area contributed by atoms with E-state index in [0.29, 0.717) is 11.6 Å². The summed E-state index contributed by atoms with van der Waals surface area (Å²) >= 11 is 12.9. The van der Waals surface area contributed by atoms with Crippen molar-refractivity contribution in [2.75, 3.05) is 19.0 Å². The van der Waals surface area contributed by atoms with E-state index in [9.17, 15) is 0 Å². The third-order valence-electron chi connectivity index (χ3n) is 3.06. The van der Waals surface area contributed by atoms with Gasteiger partial charge in [0.1, 0.15) is 5.75 Å². The van der Waals surface area contributed by atoms with Gasteiger partial charge >= 0.3 is 0 Å². The van der Waals surface area contributed by atoms with Crippen molar-refractivity contribution in [1.82, 2.24) is 0 Å². The molecule has 3 nitrogen and oxygen atoms in total. The standard InChI is InChI=1S/C15H15Br2ClN2O/c1-21-15-5-2-9(16)6-11(15)14(8-19)20-10-3-4-13(18)12(17)7-10/h2-7,14,20H,8,19H2,1H3. The number of methoxy groups -OCH3 is 1. The molecule has 0 heterocycles. The quantitative estimate of drug-likeness (QED) is 0.697. The average molecular weight is 435 g/mol. The summed E-state index contributed by atoms with van der Waals surface area (Å²) in [4.78, 5) is 0. The predicted molar refractivity (Wildman–Crippen MR) is 95.3 cm³/mol. The van der Waals surface area contributed by atoms with Gasteiger partial charge in [0.15, 0.2) is 0 Å². The van der Waals surface area contributed by atoms with Crippen molar-refractivity contribution in [3.8, 4) is 5.75 Å². The molecule has 0 aliphatic carbocycles. The van der Waals surface area contributed by atoms with Crippen LogP contribution in [0.15, 0.2) is 45.3 Å². The molecule has 0 saturated heterocycles. The van der Waals surface area contributed by atoms with Crippen LogP contribution < -0.4 is 15.8 Å². The maximum Gasteiger partial charge on any atom is 0.124 e. The van der Waals surface area contributed by atoms with Crippen LogP contribution in [0.25, 0.3) is 0 Å². The molecule has 0 aromatic heterocycles. The number of ether oxygens (including phenoxy) is 1. The van der Waals surface area contributed by atoms with E-state index in [1.165, 1.54) is 0 Å². The maximum atomic E-state index is 6.01. The van der Waals surface area contributed by atoms with E-state index in [1.54, 1.807) is 7.11 Å². The lowest BCUT2D eigenvalue weighted by Gasteiger charge is -2.21. The van der Waals surface area contributed by atoms with Gasteiger partial charge in [0.2, 0.25) is 0 Å². The molecule has 0 radical (unpaired) electrons. The van der Waals surface area contributed by atoms with Gasteiger partial charge in [-0.05, 0) is 52.3 Å². The molecule has 112 valence electrons. The van der Waals surface area contributed by atoms with Gasteiger partial charge in [0.05, 0.1) is 18.2 Å². The Hall–Kier alpha value is -0.750. The topological polar surface area (TPSA) is 47.3 Å². The molecule has 6 heteroatoms. The summed E-state index contributed by atoms with van der Waals surface area (Å²) in [7, 11) is 1.65. The van der Waals surface area contributed by atoms with Gasteiger partial charge in [0.25, 0.3) is 0 Å². The monoisotopic (exact) mass is 432 g/mol. The highest BCUT2D eigenvalue weighted by molar-refractivity contribution is 9.10. The number of nitrogens with one attached hydrogen (secondary N) is 1. The number of rotatable bonds is 5. The minimum atomic E-state index is -0.0643. The number of halogens is 3. The number of hydrogen-bond donors (Lipinski definition) is 2. The van der Waals surface area contributed by atoms with E-state index in [-0.39, 0.29) is 6.04 Å². The van der Waals surface area contributed by atoms with E-state index in [0.717, 1.165) is 25.9 Å². The molecular weight excluding hydrogens is 419 g/mol. The van der Waals surface area contributed by atoms with Crippen LogP contribution in [0.3, 0.4) is 0 Å². The van der Waals surface area contributed by atoms with Gasteiger partial charge in [-0.2, -0.15) is 0 Å². The molecule has 0 amide bonds. The molecule has 21 heavy (non-hydrogen) atoms. The fourth-order valence-electron chi connectivity index (χ4n) is 2.03. The Balaban J connectivity index is 2.31. The van der Waals surface area contributed by atoms with Crippen molar-refractivity contribution >= 4 is 49.1 Å². The first-order chi connectivity index (χ1) is 10.0. The van der Waals surface area contributed by atoms with Crippen molar-refractivity contribution in [2.24, 2.45) is 5.73 Å². The smallest absolute Gasteiger partial charge is 0.124 e. The Labute approximate surface area is 146 Å². The van der Waals surface area contributed by atoms with Crippen molar-refractivity contribution in [3.05, 3.63) is 55.9 Å². The molecule has 1 unspecified atom stereocenters. The first-order valence-electron chi connectivity index (χ1n) is 6.30. The van der Waals surface area contributed by atoms with Crippen LogP contribution in [0, 0.1) is 0 Å². The van der Waals surface area contributed by atoms with E-state index in [2.05, 4.69) is 37.2 Å². The summed E-state index contributed by atoms with van der Waals surface area (Å²) in [5.41, 5.74) is 7.86. The average Bonchev–Trinajstić information content (AvgIpc) is 2.48. The Kier molecular flexibility index (Phi) is 5.93. The second kappa shape index (κ2) is 7.49. The zero-order chi connectivity index (χ0) is 15.4. The summed E-state index contributed by atoms with van der Waals surface area (Å²) in [5, 5.41) is 4.07. The number of nitrogens with two attached hydrogens (primary N) is 1. The second-order valence-corrected chi connectivity index (χ2v) is 6.62. The van der Waals surface area contributed by atoms with E-state index < -0.39 is 0 Å².